The number of fused-ring (bicyclic) bond motifs is 1. The van der Waals surface area contributed by atoms with Gasteiger partial charge in [0.15, 0.2) is 11.0 Å². The quantitative estimate of drug-likeness (QED) is 0.437. The average Bonchev–Trinajstić information content (AvgIpc) is 3.25. The first kappa shape index (κ1) is 18.5. The minimum atomic E-state index is -2.70. The lowest BCUT2D eigenvalue weighted by Gasteiger charge is -2.02. The fraction of sp³-hybridized carbons (Fsp3) is 0.105. The van der Waals surface area contributed by atoms with Crippen LogP contribution in [-0.4, -0.2) is 20.9 Å². The summed E-state index contributed by atoms with van der Waals surface area (Å²) in [5.41, 5.74) is 2.74. The summed E-state index contributed by atoms with van der Waals surface area (Å²) in [6.07, 6.45) is -2.70. The van der Waals surface area contributed by atoms with E-state index in [1.54, 1.807) is 12.1 Å². The third-order valence-corrected chi connectivity index (χ3v) is 5.24. The van der Waals surface area contributed by atoms with E-state index in [1.807, 2.05) is 19.1 Å². The van der Waals surface area contributed by atoms with Crippen molar-refractivity contribution in [2.45, 2.75) is 13.3 Å². The number of thiazole rings is 1. The van der Waals surface area contributed by atoms with Gasteiger partial charge in [0.2, 0.25) is 0 Å². The second-order valence-electron chi connectivity index (χ2n) is 6.04. The molecular formula is C19H13ClF2N4OS. The van der Waals surface area contributed by atoms with Crippen LogP contribution in [0, 0.1) is 6.92 Å². The SMILES string of the molecule is Cc1sc(NC(=O)c2ccc3nc(C(F)F)[nH]c3c2)nc1-c1ccc(Cl)cc1. The van der Waals surface area contributed by atoms with Crippen LogP contribution in [0.25, 0.3) is 22.3 Å². The van der Waals surface area contributed by atoms with Crippen molar-refractivity contribution in [1.82, 2.24) is 15.0 Å². The Morgan fingerprint density at radius 1 is 1.18 bits per heavy atom. The number of benzene rings is 2. The molecule has 0 aliphatic heterocycles. The molecule has 0 fully saturated rings. The molecule has 0 spiro atoms. The fourth-order valence-electron chi connectivity index (χ4n) is 2.77. The molecule has 0 saturated carbocycles. The summed E-state index contributed by atoms with van der Waals surface area (Å²) in [6.45, 7) is 1.92. The van der Waals surface area contributed by atoms with Crippen LogP contribution < -0.4 is 5.32 Å². The summed E-state index contributed by atoms with van der Waals surface area (Å²) in [6, 6.07) is 11.8. The fourth-order valence-corrected chi connectivity index (χ4v) is 3.73. The number of halogens is 3. The number of aryl methyl sites for hydroxylation is 1. The second kappa shape index (κ2) is 7.29. The largest absolute Gasteiger partial charge is 0.337 e. The van der Waals surface area contributed by atoms with Gasteiger partial charge in [0, 0.05) is 21.0 Å². The number of carbonyl (C=O) groups excluding carboxylic acids is 1. The molecule has 0 aliphatic carbocycles. The Hall–Kier alpha value is -2.84. The zero-order chi connectivity index (χ0) is 19.8. The number of alkyl halides is 2. The lowest BCUT2D eigenvalue weighted by Crippen LogP contribution is -2.11. The van der Waals surface area contributed by atoms with Gasteiger partial charge in [-0.05, 0) is 37.3 Å². The highest BCUT2D eigenvalue weighted by Crippen LogP contribution is 2.31. The van der Waals surface area contributed by atoms with Crippen molar-refractivity contribution in [3.05, 3.63) is 63.8 Å². The van der Waals surface area contributed by atoms with E-state index in [9.17, 15) is 13.6 Å². The summed E-state index contributed by atoms with van der Waals surface area (Å²) < 4.78 is 25.5. The number of aromatic nitrogens is 3. The molecule has 28 heavy (non-hydrogen) atoms. The smallest absolute Gasteiger partial charge is 0.295 e. The number of carbonyl (C=O) groups is 1. The lowest BCUT2D eigenvalue weighted by molar-refractivity contribution is 0.102. The Labute approximate surface area is 167 Å². The third-order valence-electron chi connectivity index (χ3n) is 4.10. The van der Waals surface area contributed by atoms with Crippen molar-refractivity contribution in [1.29, 1.82) is 0 Å². The molecule has 142 valence electrons. The number of aromatic amines is 1. The molecule has 2 aromatic heterocycles. The van der Waals surface area contributed by atoms with Gasteiger partial charge < -0.3 is 4.98 Å². The lowest BCUT2D eigenvalue weighted by atomic mass is 10.1. The van der Waals surface area contributed by atoms with Crippen LogP contribution in [0.4, 0.5) is 13.9 Å². The van der Waals surface area contributed by atoms with Gasteiger partial charge in [-0.25, -0.2) is 18.7 Å². The van der Waals surface area contributed by atoms with Crippen molar-refractivity contribution in [3.63, 3.8) is 0 Å². The predicted molar refractivity (Wildman–Crippen MR) is 106 cm³/mol. The molecule has 0 bridgehead atoms. The standard InChI is InChI=1S/C19H13ClF2N4OS/c1-9-15(10-2-5-12(20)6-3-10)25-19(28-9)26-18(27)11-4-7-13-14(8-11)24-17(23-13)16(21)22/h2-8,16H,1H3,(H,23,24)(H,25,26,27). The van der Waals surface area contributed by atoms with Crippen molar-refractivity contribution in [2.75, 3.05) is 5.32 Å². The topological polar surface area (TPSA) is 70.7 Å². The molecule has 0 radical (unpaired) electrons. The molecule has 5 nitrogen and oxygen atoms in total. The summed E-state index contributed by atoms with van der Waals surface area (Å²) in [7, 11) is 0. The van der Waals surface area contributed by atoms with Crippen LogP contribution in [0.5, 0.6) is 0 Å². The average molecular weight is 419 g/mol. The number of anilines is 1. The molecule has 4 rings (SSSR count). The number of nitrogens with zero attached hydrogens (tertiary/aromatic N) is 2. The Morgan fingerprint density at radius 3 is 2.64 bits per heavy atom. The van der Waals surface area contributed by atoms with E-state index in [1.165, 1.54) is 29.5 Å². The van der Waals surface area contributed by atoms with Crippen molar-refractivity contribution < 1.29 is 13.6 Å². The molecule has 0 aliphatic rings. The molecule has 2 N–H and O–H groups in total. The molecular weight excluding hydrogens is 406 g/mol. The van der Waals surface area contributed by atoms with Crippen LogP contribution in [0.15, 0.2) is 42.5 Å². The third kappa shape index (κ3) is 3.61. The number of H-pyrrole nitrogens is 1. The van der Waals surface area contributed by atoms with E-state index in [4.69, 9.17) is 11.6 Å². The van der Waals surface area contributed by atoms with Gasteiger partial charge in [-0.3, -0.25) is 10.1 Å². The summed E-state index contributed by atoms with van der Waals surface area (Å²) in [5.74, 6) is -0.804. The molecule has 2 heterocycles. The molecule has 1 amide bonds. The zero-order valence-electron chi connectivity index (χ0n) is 14.5. The summed E-state index contributed by atoms with van der Waals surface area (Å²) in [4.78, 5) is 24.3. The number of hydrogen-bond acceptors (Lipinski definition) is 4. The Kier molecular flexibility index (Phi) is 4.82. The van der Waals surface area contributed by atoms with Crippen LogP contribution in [0.2, 0.25) is 5.02 Å². The number of imidazole rings is 1. The van der Waals surface area contributed by atoms with Gasteiger partial charge in [0.25, 0.3) is 12.3 Å². The Morgan fingerprint density at radius 2 is 1.93 bits per heavy atom. The predicted octanol–water partition coefficient (Wildman–Crippen LogP) is 5.84. The molecule has 0 atom stereocenters. The number of rotatable bonds is 4. The molecule has 9 heteroatoms. The van der Waals surface area contributed by atoms with Gasteiger partial charge in [-0.1, -0.05) is 23.7 Å². The van der Waals surface area contributed by atoms with Gasteiger partial charge in [-0.15, -0.1) is 11.3 Å². The van der Waals surface area contributed by atoms with Crippen LogP contribution in [-0.2, 0) is 0 Å². The first-order chi connectivity index (χ1) is 13.4. The number of hydrogen-bond donors (Lipinski definition) is 2. The summed E-state index contributed by atoms with van der Waals surface area (Å²) in [5, 5.41) is 3.84. The Balaban J connectivity index is 1.57. The maximum Gasteiger partial charge on any atom is 0.295 e. The normalized spacial score (nSPS) is 11.3. The van der Waals surface area contributed by atoms with E-state index in [2.05, 4.69) is 20.3 Å². The van der Waals surface area contributed by atoms with Crippen molar-refractivity contribution in [3.8, 4) is 11.3 Å². The van der Waals surface area contributed by atoms with Crippen LogP contribution in [0.3, 0.4) is 0 Å². The van der Waals surface area contributed by atoms with E-state index in [0.717, 1.165) is 16.1 Å². The molecule has 0 saturated heterocycles. The second-order valence-corrected chi connectivity index (χ2v) is 7.68. The maximum absolute atomic E-state index is 12.8. The maximum atomic E-state index is 12.8. The Bertz CT molecular complexity index is 1170. The highest BCUT2D eigenvalue weighted by molar-refractivity contribution is 7.16. The van der Waals surface area contributed by atoms with Gasteiger partial charge in [0.05, 0.1) is 16.7 Å². The van der Waals surface area contributed by atoms with Crippen molar-refractivity contribution in [2.24, 2.45) is 0 Å². The number of nitrogens with one attached hydrogen (secondary N) is 2. The van der Waals surface area contributed by atoms with E-state index in [-0.39, 0.29) is 5.91 Å². The van der Waals surface area contributed by atoms with Gasteiger partial charge >= 0.3 is 0 Å². The number of amides is 1. The first-order valence-electron chi connectivity index (χ1n) is 8.23. The van der Waals surface area contributed by atoms with E-state index >= 15 is 0 Å². The minimum Gasteiger partial charge on any atom is -0.337 e. The first-order valence-corrected chi connectivity index (χ1v) is 9.42. The van der Waals surface area contributed by atoms with E-state index < -0.39 is 12.2 Å². The highest BCUT2D eigenvalue weighted by Gasteiger charge is 2.16. The molecule has 4 aromatic rings. The van der Waals surface area contributed by atoms with Gasteiger partial charge in [-0.2, -0.15) is 0 Å². The zero-order valence-corrected chi connectivity index (χ0v) is 16.0. The molecule has 0 unspecified atom stereocenters. The monoisotopic (exact) mass is 418 g/mol. The van der Waals surface area contributed by atoms with Crippen molar-refractivity contribution >= 4 is 45.0 Å². The van der Waals surface area contributed by atoms with Crippen LogP contribution >= 0.6 is 22.9 Å². The minimum absolute atomic E-state index is 0.317. The molecule has 2 aromatic carbocycles. The van der Waals surface area contributed by atoms with Gasteiger partial charge in [0.1, 0.15) is 0 Å². The summed E-state index contributed by atoms with van der Waals surface area (Å²) >= 11 is 7.27. The highest BCUT2D eigenvalue weighted by atomic mass is 35.5. The van der Waals surface area contributed by atoms with E-state index in [0.29, 0.717) is 26.8 Å². The van der Waals surface area contributed by atoms with Crippen LogP contribution in [0.1, 0.15) is 27.5 Å².